The molecule has 0 spiro atoms. The van der Waals surface area contributed by atoms with Crippen LogP contribution in [0.1, 0.15) is 10.4 Å². The Labute approximate surface area is 115 Å². The molecule has 0 radical (unpaired) electrons. The van der Waals surface area contributed by atoms with Gasteiger partial charge in [0.1, 0.15) is 11.6 Å². The van der Waals surface area contributed by atoms with Crippen LogP contribution in [-0.4, -0.2) is 23.0 Å². The predicted octanol–water partition coefficient (Wildman–Crippen LogP) is 2.82. The van der Waals surface area contributed by atoms with E-state index in [0.717, 1.165) is 10.9 Å². The summed E-state index contributed by atoms with van der Waals surface area (Å²) in [6, 6.07) is 10.9. The van der Waals surface area contributed by atoms with Crippen LogP contribution in [0.2, 0.25) is 0 Å². The van der Waals surface area contributed by atoms with Gasteiger partial charge in [0.25, 0.3) is 5.91 Å². The first-order valence-corrected chi connectivity index (χ1v) is 6.15. The topological polar surface area (TPSA) is 67.0 Å². The van der Waals surface area contributed by atoms with E-state index in [1.54, 1.807) is 31.5 Å². The molecule has 5 nitrogen and oxygen atoms in total. The third kappa shape index (κ3) is 2.21. The molecule has 0 atom stereocenters. The first kappa shape index (κ1) is 12.2. The minimum absolute atomic E-state index is 0.209. The van der Waals surface area contributed by atoms with Gasteiger partial charge in [-0.2, -0.15) is 0 Å². The van der Waals surface area contributed by atoms with Gasteiger partial charge < -0.3 is 15.0 Å². The number of nitrogens with one attached hydrogen (secondary N) is 2. The number of hydrogen-bond donors (Lipinski definition) is 2. The Morgan fingerprint density at radius 1 is 1.30 bits per heavy atom. The lowest BCUT2D eigenvalue weighted by molar-refractivity contribution is 0.102. The Kier molecular flexibility index (Phi) is 3.09. The number of hydrogen-bond acceptors (Lipinski definition) is 3. The maximum atomic E-state index is 12.3. The Morgan fingerprint density at radius 3 is 3.05 bits per heavy atom. The number of carbonyl (C=O) groups is 1. The Hall–Kier alpha value is -2.82. The summed E-state index contributed by atoms with van der Waals surface area (Å²) in [5, 5.41) is 3.76. The number of fused-ring (bicyclic) bond motifs is 1. The largest absolute Gasteiger partial charge is 0.497 e. The average Bonchev–Trinajstić information content (AvgIpc) is 2.95. The molecule has 3 aromatic rings. The lowest BCUT2D eigenvalue weighted by Crippen LogP contribution is -2.13. The number of H-pyrrole nitrogens is 1. The summed E-state index contributed by atoms with van der Waals surface area (Å²) in [6.07, 6.45) is 3.40. The third-order valence-electron chi connectivity index (χ3n) is 3.04. The van der Waals surface area contributed by atoms with Gasteiger partial charge in [0.15, 0.2) is 0 Å². The molecule has 0 fully saturated rings. The van der Waals surface area contributed by atoms with E-state index < -0.39 is 0 Å². The van der Waals surface area contributed by atoms with Gasteiger partial charge in [-0.3, -0.25) is 4.79 Å². The van der Waals surface area contributed by atoms with Crippen LogP contribution in [0.3, 0.4) is 0 Å². The maximum absolute atomic E-state index is 12.3. The molecule has 100 valence electrons. The number of benzene rings is 1. The molecule has 0 saturated heterocycles. The lowest BCUT2D eigenvalue weighted by Gasteiger charge is -2.07. The summed E-state index contributed by atoms with van der Waals surface area (Å²) in [7, 11) is 1.57. The van der Waals surface area contributed by atoms with E-state index in [0.29, 0.717) is 17.1 Å². The second-order valence-corrected chi connectivity index (χ2v) is 4.28. The van der Waals surface area contributed by atoms with Crippen LogP contribution in [-0.2, 0) is 0 Å². The average molecular weight is 267 g/mol. The summed E-state index contributed by atoms with van der Waals surface area (Å²) >= 11 is 0. The van der Waals surface area contributed by atoms with Gasteiger partial charge >= 0.3 is 0 Å². The number of methoxy groups -OCH3 is 1. The molecule has 2 heterocycles. The molecule has 0 bridgehead atoms. The Bertz CT molecular complexity index is 764. The van der Waals surface area contributed by atoms with E-state index in [1.165, 1.54) is 0 Å². The van der Waals surface area contributed by atoms with E-state index in [2.05, 4.69) is 15.3 Å². The summed E-state index contributed by atoms with van der Waals surface area (Å²) in [6.45, 7) is 0. The fourth-order valence-corrected chi connectivity index (χ4v) is 2.06. The molecule has 0 saturated carbocycles. The summed E-state index contributed by atoms with van der Waals surface area (Å²) in [4.78, 5) is 19.5. The van der Waals surface area contributed by atoms with Gasteiger partial charge in [0, 0.05) is 23.8 Å². The molecule has 2 N–H and O–H groups in total. The predicted molar refractivity (Wildman–Crippen MR) is 77.0 cm³/mol. The maximum Gasteiger partial charge on any atom is 0.258 e. The number of aromatic amines is 1. The van der Waals surface area contributed by atoms with Crippen molar-refractivity contribution in [3.63, 3.8) is 0 Å². The van der Waals surface area contributed by atoms with E-state index in [4.69, 9.17) is 4.74 Å². The molecule has 1 aromatic carbocycles. The van der Waals surface area contributed by atoms with Crippen molar-refractivity contribution in [2.45, 2.75) is 0 Å². The van der Waals surface area contributed by atoms with E-state index in [9.17, 15) is 4.79 Å². The van der Waals surface area contributed by atoms with Crippen molar-refractivity contribution in [3.8, 4) is 5.75 Å². The number of aromatic nitrogens is 2. The van der Waals surface area contributed by atoms with Crippen LogP contribution in [0.15, 0.2) is 48.8 Å². The van der Waals surface area contributed by atoms with Crippen LogP contribution in [0, 0.1) is 0 Å². The van der Waals surface area contributed by atoms with Crippen molar-refractivity contribution in [1.29, 1.82) is 0 Å². The number of para-hydroxylation sites is 1. The highest BCUT2D eigenvalue weighted by Gasteiger charge is 2.11. The van der Waals surface area contributed by atoms with Crippen LogP contribution in [0.5, 0.6) is 5.75 Å². The zero-order chi connectivity index (χ0) is 13.9. The van der Waals surface area contributed by atoms with E-state index in [-0.39, 0.29) is 5.91 Å². The van der Waals surface area contributed by atoms with Crippen LogP contribution < -0.4 is 10.1 Å². The molecular weight excluding hydrogens is 254 g/mol. The van der Waals surface area contributed by atoms with Crippen LogP contribution in [0.25, 0.3) is 10.9 Å². The van der Waals surface area contributed by atoms with E-state index >= 15 is 0 Å². The van der Waals surface area contributed by atoms with E-state index in [1.807, 2.05) is 24.4 Å². The highest BCUT2D eigenvalue weighted by atomic mass is 16.5. The molecule has 1 amide bonds. The minimum atomic E-state index is -0.209. The van der Waals surface area contributed by atoms with Crippen molar-refractivity contribution in [2.75, 3.05) is 12.4 Å². The number of pyridine rings is 1. The second kappa shape index (κ2) is 5.05. The molecule has 0 unspecified atom stereocenters. The molecule has 0 aliphatic heterocycles. The number of anilines is 1. The van der Waals surface area contributed by atoms with Gasteiger partial charge in [-0.25, -0.2) is 4.98 Å². The summed E-state index contributed by atoms with van der Waals surface area (Å²) in [5.41, 5.74) is 1.39. The zero-order valence-corrected chi connectivity index (χ0v) is 10.9. The van der Waals surface area contributed by atoms with Crippen molar-refractivity contribution < 1.29 is 9.53 Å². The quantitative estimate of drug-likeness (QED) is 0.766. The highest BCUT2D eigenvalue weighted by molar-refractivity contribution is 6.11. The van der Waals surface area contributed by atoms with Crippen LogP contribution >= 0.6 is 0 Å². The van der Waals surface area contributed by atoms with Crippen LogP contribution in [0.4, 0.5) is 5.82 Å². The van der Waals surface area contributed by atoms with Gasteiger partial charge in [-0.15, -0.1) is 0 Å². The first-order chi connectivity index (χ1) is 9.78. The lowest BCUT2D eigenvalue weighted by atomic mass is 10.1. The van der Waals surface area contributed by atoms with Crippen molar-refractivity contribution in [3.05, 3.63) is 54.4 Å². The van der Waals surface area contributed by atoms with Gasteiger partial charge in [-0.05, 0) is 18.2 Å². The first-order valence-electron chi connectivity index (χ1n) is 6.15. The summed E-state index contributed by atoms with van der Waals surface area (Å²) in [5.74, 6) is 0.894. The fourth-order valence-electron chi connectivity index (χ4n) is 2.06. The SMILES string of the molecule is COc1ccnc(NC(=O)c2cccc3cc[nH]c23)c1. The van der Waals surface area contributed by atoms with Crippen molar-refractivity contribution in [2.24, 2.45) is 0 Å². The fraction of sp³-hybridized carbons (Fsp3) is 0.0667. The molecular formula is C15H13N3O2. The Balaban J connectivity index is 1.91. The number of carbonyl (C=O) groups excluding carboxylic acids is 1. The van der Waals surface area contributed by atoms with Gasteiger partial charge in [0.2, 0.25) is 0 Å². The molecule has 5 heteroatoms. The molecule has 2 aromatic heterocycles. The number of rotatable bonds is 3. The van der Waals surface area contributed by atoms with Gasteiger partial charge in [0.05, 0.1) is 18.2 Å². The minimum Gasteiger partial charge on any atom is -0.497 e. The highest BCUT2D eigenvalue weighted by Crippen LogP contribution is 2.19. The summed E-state index contributed by atoms with van der Waals surface area (Å²) < 4.78 is 5.10. The zero-order valence-electron chi connectivity index (χ0n) is 10.9. The number of amides is 1. The smallest absolute Gasteiger partial charge is 0.258 e. The Morgan fingerprint density at radius 2 is 2.20 bits per heavy atom. The monoisotopic (exact) mass is 267 g/mol. The third-order valence-corrected chi connectivity index (χ3v) is 3.04. The number of nitrogens with zero attached hydrogens (tertiary/aromatic N) is 1. The molecule has 20 heavy (non-hydrogen) atoms. The molecule has 0 aliphatic rings. The molecule has 0 aliphatic carbocycles. The van der Waals surface area contributed by atoms with Gasteiger partial charge in [-0.1, -0.05) is 12.1 Å². The number of ether oxygens (including phenoxy) is 1. The van der Waals surface area contributed by atoms with Crippen molar-refractivity contribution in [1.82, 2.24) is 9.97 Å². The van der Waals surface area contributed by atoms with Crippen molar-refractivity contribution >= 4 is 22.6 Å². The standard InChI is InChI=1S/C15H13N3O2/c1-20-11-6-8-16-13(9-11)18-15(19)12-4-2-3-10-5-7-17-14(10)12/h2-9,17H,1H3,(H,16,18,19). The molecule has 3 rings (SSSR count). The second-order valence-electron chi connectivity index (χ2n) is 4.28. The normalized spacial score (nSPS) is 10.4.